The number of nitrogens with one attached hydrogen (secondary N) is 6. The van der Waals surface area contributed by atoms with Crippen LogP contribution in [-0.4, -0.2) is 59.9 Å². The van der Waals surface area contributed by atoms with Gasteiger partial charge in [0.1, 0.15) is 34.9 Å². The number of aromatic amines is 6. The number of phenolic OH excluding ortho intramolecular Hbond substituents is 1. The summed E-state index contributed by atoms with van der Waals surface area (Å²) < 4.78 is 3.46. The number of aromatic nitrogens is 11. The number of halogens is 3. The topological polar surface area (TPSA) is 196 Å². The highest BCUT2D eigenvalue weighted by Gasteiger charge is 2.22. The molecule has 0 spiro atoms. The lowest BCUT2D eigenvalue weighted by atomic mass is 10.0. The number of aromatic hydroxyl groups is 1. The number of H-pyrrole nitrogens is 6. The largest absolute Gasteiger partial charge is 0.508 e. The highest BCUT2D eigenvalue weighted by Crippen LogP contribution is 2.43. The Kier molecular flexibility index (Phi) is 19.5. The normalized spacial score (nSPS) is 11.6. The van der Waals surface area contributed by atoms with Crippen LogP contribution >= 0.6 is 61.1 Å². The molecule has 7 N–H and O–H groups in total. The van der Waals surface area contributed by atoms with Gasteiger partial charge in [0.25, 0.3) is 5.56 Å². The lowest BCUT2D eigenvalue weighted by Crippen LogP contribution is -2.09. The Balaban J connectivity index is 0.0000000928. The van der Waals surface area contributed by atoms with Gasteiger partial charge in [0.2, 0.25) is 0 Å². The third kappa shape index (κ3) is 13.9. The van der Waals surface area contributed by atoms with E-state index < -0.39 is 0 Å². The fourth-order valence-corrected chi connectivity index (χ4v) is 19.2. The second-order valence-electron chi connectivity index (χ2n) is 31.1. The van der Waals surface area contributed by atoms with Crippen LogP contribution in [0.1, 0.15) is 5.56 Å². The molecule has 0 amide bonds. The van der Waals surface area contributed by atoms with Crippen LogP contribution in [0.2, 0.25) is 0 Å². The Hall–Kier alpha value is -14.7. The molecule has 0 aliphatic carbocycles. The molecule has 0 radical (unpaired) electrons. The Morgan fingerprint density at radius 3 is 1.00 bits per heavy atom. The third-order valence-electron chi connectivity index (χ3n) is 23.7. The molecule has 26 aromatic rings. The minimum atomic E-state index is -0.147. The van der Waals surface area contributed by atoms with Gasteiger partial charge in [-0.05, 0) is 178 Å². The van der Waals surface area contributed by atoms with Crippen LogP contribution in [0, 0.1) is 14.1 Å². The molecule has 0 fully saturated rings. The minimum absolute atomic E-state index is 0.147. The van der Waals surface area contributed by atoms with Crippen LogP contribution in [-0.2, 0) is 0 Å². The van der Waals surface area contributed by atoms with Crippen molar-refractivity contribution in [2.75, 3.05) is 0 Å². The maximum absolute atomic E-state index is 12.7. The highest BCUT2D eigenvalue weighted by molar-refractivity contribution is 14.1. The number of phenols is 1. The van der Waals surface area contributed by atoms with Crippen LogP contribution in [0.4, 0.5) is 0 Å². The third-order valence-corrected chi connectivity index (χ3v) is 25.5. The van der Waals surface area contributed by atoms with Gasteiger partial charge in [-0.15, -0.1) is 0 Å². The monoisotopic (exact) mass is 1900 g/mol. The predicted octanol–water partition coefficient (Wildman–Crippen LogP) is 29.5. The average Bonchev–Trinajstić information content (AvgIpc) is 1.65. The van der Waals surface area contributed by atoms with Crippen molar-refractivity contribution in [2.45, 2.75) is 6.92 Å². The summed E-state index contributed by atoms with van der Waals surface area (Å²) in [5.41, 5.74) is 17.0. The molecular weight excluding hydrogens is 1830 g/mol. The van der Waals surface area contributed by atoms with Crippen molar-refractivity contribution in [2.24, 2.45) is 0 Å². The van der Waals surface area contributed by atoms with Crippen LogP contribution in [0.25, 0.3) is 231 Å². The van der Waals surface area contributed by atoms with Crippen LogP contribution < -0.4 is 5.56 Å². The highest BCUT2D eigenvalue weighted by atomic mass is 127. The number of aryl methyl sites for hydroxylation is 1. The summed E-state index contributed by atoms with van der Waals surface area (Å²) >= 11 is 8.16. The van der Waals surface area contributed by atoms with Gasteiger partial charge < -0.3 is 35.0 Å². The number of fused-ring (bicyclic) bond motifs is 31. The number of hydrogen-bond acceptors (Lipinski definition) is 7. The Labute approximate surface area is 749 Å². The first-order valence-corrected chi connectivity index (χ1v) is 44.1. The molecule has 0 aliphatic rings. The lowest BCUT2D eigenvalue weighted by molar-refractivity contribution is 0.475. The van der Waals surface area contributed by atoms with Gasteiger partial charge in [-0.25, -0.2) is 24.9 Å². The molecule has 0 bridgehead atoms. The molecule has 0 unspecified atom stereocenters. The van der Waals surface area contributed by atoms with E-state index in [1.807, 2.05) is 78.9 Å². The van der Waals surface area contributed by atoms with Crippen molar-refractivity contribution in [3.63, 3.8) is 0 Å². The minimum Gasteiger partial charge on any atom is -0.508 e. The summed E-state index contributed by atoms with van der Waals surface area (Å²) in [6.07, 6.45) is 0. The van der Waals surface area contributed by atoms with Gasteiger partial charge in [0.05, 0.1) is 60.7 Å². The molecule has 0 saturated carbocycles. The fourth-order valence-electron chi connectivity index (χ4n) is 17.9. The second kappa shape index (κ2) is 32.0. The molecule has 594 valence electrons. The quantitative estimate of drug-likeness (QED) is 0.0657. The van der Waals surface area contributed by atoms with Crippen LogP contribution in [0.5, 0.6) is 5.75 Å². The zero-order chi connectivity index (χ0) is 83.9. The standard InChI is InChI=1S/C24H15N3O.C22H16N2.C21H13BrN2.C21H13IN2O.C21H13IN2/c28-24-19(13-14-7-1-6-12-20(14)25-24)23-26-21-17-10-4-2-8-15(17)16-9-3-5-11-18(16)22(21)27-23;1-14-8-2-3-9-15(14)22-23-20-18-12-6-4-10-16(18)17-11-5-7-13-19(17)21(20)24-22;22-14-11-9-13(10-12-14)21-23-19-17-7-3-1-5-15(17)16-6-2-4-8-18(16)20(19)24-21;22-13-8-9-16-15-6-1-2-7-17(15)19-20(18(16)11-13)24-21(23-19)12-4-3-5-14(25)10-12;22-14-7-5-6-13(12-14)21-23-19-17-10-3-1-8-15(17)16-9-2-4-11-18(16)20(19)24-21/h1-13H,(H,25,28)(H,26,27);2-13H,1H3,(H,23,24);1-12H,(H,23,24);1-11,25H,(H,23,24);1-12H,(H,23,24). The van der Waals surface area contributed by atoms with Crippen LogP contribution in [0.15, 0.2) is 373 Å². The Bertz CT molecular complexity index is 8600. The maximum Gasteiger partial charge on any atom is 0.259 e. The molecule has 125 heavy (non-hydrogen) atoms. The smallest absolute Gasteiger partial charge is 0.259 e. The molecule has 13 nitrogen and oxygen atoms in total. The van der Waals surface area contributed by atoms with Crippen LogP contribution in [0.3, 0.4) is 0 Å². The summed E-state index contributed by atoms with van der Waals surface area (Å²) in [5, 5.41) is 34.8. The first-order valence-electron chi connectivity index (χ1n) is 41.1. The number of nitrogens with zero attached hydrogens (tertiary/aromatic N) is 5. The van der Waals surface area contributed by atoms with Crippen molar-refractivity contribution in [1.29, 1.82) is 0 Å². The Morgan fingerprint density at radius 2 is 0.576 bits per heavy atom. The fraction of sp³-hybridized carbons (Fsp3) is 0.00917. The second-order valence-corrected chi connectivity index (χ2v) is 34.5. The summed E-state index contributed by atoms with van der Waals surface area (Å²) in [4.78, 5) is 57.8. The first kappa shape index (κ1) is 76.4. The molecule has 0 atom stereocenters. The first-order chi connectivity index (χ1) is 61.4. The van der Waals surface area contributed by atoms with Crippen molar-refractivity contribution >= 4 is 235 Å². The van der Waals surface area contributed by atoms with Crippen molar-refractivity contribution < 1.29 is 5.11 Å². The van der Waals surface area contributed by atoms with Crippen molar-refractivity contribution in [3.05, 3.63) is 392 Å². The number of imidazole rings is 5. The van der Waals surface area contributed by atoms with E-state index in [1.54, 1.807) is 12.1 Å². The molecule has 26 rings (SSSR count). The molecule has 16 heteroatoms. The van der Waals surface area contributed by atoms with E-state index in [1.165, 1.54) is 93.5 Å². The summed E-state index contributed by atoms with van der Waals surface area (Å²) in [6.45, 7) is 2.12. The molecular formula is C109H70BrI2N11O2. The lowest BCUT2D eigenvalue weighted by Gasteiger charge is -2.06. The number of para-hydroxylation sites is 1. The number of hydrogen-bond donors (Lipinski definition) is 7. The summed E-state index contributed by atoms with van der Waals surface area (Å²) in [6, 6.07) is 124. The van der Waals surface area contributed by atoms with E-state index in [0.29, 0.717) is 11.4 Å². The van der Waals surface area contributed by atoms with Gasteiger partial charge in [0.15, 0.2) is 0 Å². The molecule has 6 aromatic heterocycles. The summed E-state index contributed by atoms with van der Waals surface area (Å²) in [7, 11) is 0. The molecule has 0 saturated heterocycles. The van der Waals surface area contributed by atoms with E-state index in [2.05, 4.69) is 371 Å². The van der Waals surface area contributed by atoms with E-state index in [9.17, 15) is 9.90 Å². The van der Waals surface area contributed by atoms with Gasteiger partial charge in [-0.2, -0.15) is 0 Å². The SMILES string of the molecule is Brc1ccc(-c2nc3c4ccccc4c4ccccc4c3[nH]2)cc1.Cc1ccccc1-c1nc2c3ccccc3c3ccccc3c2[nH]1.Ic1cccc(-c2nc3c4ccccc4c4ccccc4c3[nH]2)c1.O=c1[nH]c2ccccc2cc1-c1nc2c3ccccc3c3ccccc3c2[nH]1.Oc1cccc(-c2nc3c4cc(I)ccc4c4ccccc4c3[nH]2)c1. The Morgan fingerprint density at radius 1 is 0.256 bits per heavy atom. The number of benzene rings is 20. The van der Waals surface area contributed by atoms with Crippen molar-refractivity contribution in [1.82, 2.24) is 54.8 Å². The summed E-state index contributed by atoms with van der Waals surface area (Å²) in [5.74, 6) is 4.35. The zero-order valence-corrected chi connectivity index (χ0v) is 72.8. The molecule has 20 aromatic carbocycles. The number of pyridine rings is 1. The van der Waals surface area contributed by atoms with E-state index in [4.69, 9.17) is 24.9 Å². The number of rotatable bonds is 5. The van der Waals surface area contributed by atoms with Crippen molar-refractivity contribution in [3.8, 4) is 62.7 Å². The zero-order valence-electron chi connectivity index (χ0n) is 66.9. The van der Waals surface area contributed by atoms with Gasteiger partial charge in [0, 0.05) is 93.2 Å². The van der Waals surface area contributed by atoms with Gasteiger partial charge in [-0.1, -0.05) is 319 Å². The van der Waals surface area contributed by atoms with Gasteiger partial charge >= 0.3 is 0 Å². The van der Waals surface area contributed by atoms with E-state index in [-0.39, 0.29) is 11.3 Å². The van der Waals surface area contributed by atoms with E-state index in [0.717, 1.165) is 143 Å². The maximum atomic E-state index is 12.7. The average molecular weight is 1900 g/mol. The predicted molar refractivity (Wildman–Crippen MR) is 540 cm³/mol. The molecule has 6 heterocycles. The van der Waals surface area contributed by atoms with E-state index >= 15 is 0 Å². The van der Waals surface area contributed by atoms with Gasteiger partial charge in [-0.3, -0.25) is 4.79 Å². The molecule has 0 aliphatic heterocycles.